The lowest BCUT2D eigenvalue weighted by atomic mass is 10.2. The summed E-state index contributed by atoms with van der Waals surface area (Å²) >= 11 is 0. The molecule has 0 saturated carbocycles. The van der Waals surface area contributed by atoms with Crippen LogP contribution < -0.4 is 5.73 Å². The number of aliphatic hydroxyl groups excluding tert-OH is 1. The highest BCUT2D eigenvalue weighted by molar-refractivity contribution is 5.56. The summed E-state index contributed by atoms with van der Waals surface area (Å²) in [7, 11) is 1.48. The van der Waals surface area contributed by atoms with Crippen LogP contribution >= 0.6 is 0 Å². The molecule has 0 aromatic heterocycles. The lowest BCUT2D eigenvalue weighted by molar-refractivity contribution is -0.122. The highest BCUT2D eigenvalue weighted by Crippen LogP contribution is 2.03. The Morgan fingerprint density at radius 1 is 1.62 bits per heavy atom. The number of rotatable bonds is 7. The van der Waals surface area contributed by atoms with E-state index in [4.69, 9.17) is 15.6 Å². The third-order valence-corrected chi connectivity index (χ3v) is 1.43. The van der Waals surface area contributed by atoms with E-state index in [1.54, 1.807) is 13.1 Å². The number of hydrogen-bond acceptors (Lipinski definition) is 5. The predicted octanol–water partition coefficient (Wildman–Crippen LogP) is 0.0810. The normalized spacial score (nSPS) is 16.0. The second kappa shape index (κ2) is 7.97. The van der Waals surface area contributed by atoms with Crippen LogP contribution in [-0.2, 0) is 9.57 Å². The Balaban J connectivity index is 3.72. The van der Waals surface area contributed by atoms with E-state index in [1.165, 1.54) is 7.11 Å². The zero-order chi connectivity index (χ0) is 10.1. The van der Waals surface area contributed by atoms with Gasteiger partial charge in [0.1, 0.15) is 7.11 Å². The molecule has 0 amide bonds. The second-order valence-corrected chi connectivity index (χ2v) is 2.64. The topological polar surface area (TPSA) is 77.1 Å². The molecule has 0 aliphatic heterocycles. The van der Waals surface area contributed by atoms with Crippen LogP contribution in [-0.4, -0.2) is 37.4 Å². The van der Waals surface area contributed by atoms with Gasteiger partial charge in [0.05, 0.1) is 6.10 Å². The minimum absolute atomic E-state index is 0.0936. The summed E-state index contributed by atoms with van der Waals surface area (Å²) < 4.78 is 5.17. The van der Waals surface area contributed by atoms with Crippen molar-refractivity contribution in [1.29, 1.82) is 0 Å². The van der Waals surface area contributed by atoms with Gasteiger partial charge in [0.25, 0.3) is 0 Å². The summed E-state index contributed by atoms with van der Waals surface area (Å²) in [6.45, 7) is 2.09. The molecule has 0 aliphatic carbocycles. The van der Waals surface area contributed by atoms with E-state index in [0.717, 1.165) is 0 Å². The number of nitrogens with two attached hydrogens (primary N) is 1. The van der Waals surface area contributed by atoms with Crippen molar-refractivity contribution in [3.05, 3.63) is 0 Å². The second-order valence-electron chi connectivity index (χ2n) is 2.64. The number of ether oxygens (including phenoxy) is 1. The molecular formula is C8H18N2O3. The molecule has 5 heteroatoms. The molecule has 5 nitrogen and oxygen atoms in total. The molecule has 13 heavy (non-hydrogen) atoms. The van der Waals surface area contributed by atoms with E-state index in [0.29, 0.717) is 19.4 Å². The molecule has 0 radical (unpaired) electrons. The van der Waals surface area contributed by atoms with E-state index in [2.05, 4.69) is 9.99 Å². The van der Waals surface area contributed by atoms with Crippen LogP contribution in [0.3, 0.4) is 0 Å². The fraction of sp³-hybridized carbons (Fsp3) is 0.875. The van der Waals surface area contributed by atoms with Gasteiger partial charge in [-0.15, -0.1) is 0 Å². The van der Waals surface area contributed by atoms with E-state index >= 15 is 0 Å². The van der Waals surface area contributed by atoms with E-state index in [-0.39, 0.29) is 6.10 Å². The zero-order valence-corrected chi connectivity index (χ0v) is 8.14. The van der Waals surface area contributed by atoms with Crippen LogP contribution in [0.1, 0.15) is 19.8 Å². The summed E-state index contributed by atoms with van der Waals surface area (Å²) in [5.74, 6) is 0. The molecule has 0 saturated heterocycles. The molecule has 0 rings (SSSR count). The molecule has 0 spiro atoms. The first-order chi connectivity index (χ1) is 6.20. The smallest absolute Gasteiger partial charge is 0.152 e. The fourth-order valence-corrected chi connectivity index (χ4v) is 0.941. The largest absolute Gasteiger partial charge is 0.399 e. The van der Waals surface area contributed by atoms with Gasteiger partial charge in [0, 0.05) is 12.6 Å². The Labute approximate surface area is 78.5 Å². The number of oxime groups is 1. The Morgan fingerprint density at radius 2 is 2.31 bits per heavy atom. The van der Waals surface area contributed by atoms with Gasteiger partial charge in [-0.3, -0.25) is 0 Å². The van der Waals surface area contributed by atoms with Crippen LogP contribution in [0.2, 0.25) is 0 Å². The maximum Gasteiger partial charge on any atom is 0.152 e. The monoisotopic (exact) mass is 190 g/mol. The molecule has 3 N–H and O–H groups in total. The van der Waals surface area contributed by atoms with Gasteiger partial charge in [0.2, 0.25) is 0 Å². The van der Waals surface area contributed by atoms with Crippen molar-refractivity contribution < 1.29 is 14.7 Å². The standard InChI is InChI=1S/C8H18N2O3/c1-7(11)13-8(3-5-9)4-6-10-12-2/h6-8,11H,3-5,9H2,1-2H3/b10-6+. The van der Waals surface area contributed by atoms with Crippen molar-refractivity contribution in [2.45, 2.75) is 32.2 Å². The summed E-state index contributed by atoms with van der Waals surface area (Å²) in [6.07, 6.45) is 2.02. The van der Waals surface area contributed by atoms with Gasteiger partial charge in [0.15, 0.2) is 6.29 Å². The summed E-state index contributed by atoms with van der Waals surface area (Å²) in [5, 5.41) is 12.5. The van der Waals surface area contributed by atoms with Crippen LogP contribution in [0.25, 0.3) is 0 Å². The van der Waals surface area contributed by atoms with Crippen molar-refractivity contribution in [2.75, 3.05) is 13.7 Å². The maximum absolute atomic E-state index is 8.97. The van der Waals surface area contributed by atoms with E-state index in [9.17, 15) is 0 Å². The molecule has 2 unspecified atom stereocenters. The Bertz CT molecular complexity index is 139. The molecule has 78 valence electrons. The summed E-state index contributed by atoms with van der Waals surface area (Å²) in [4.78, 5) is 4.50. The quantitative estimate of drug-likeness (QED) is 0.338. The van der Waals surface area contributed by atoms with Crippen molar-refractivity contribution in [2.24, 2.45) is 10.9 Å². The van der Waals surface area contributed by atoms with Crippen molar-refractivity contribution in [3.63, 3.8) is 0 Å². The third-order valence-electron chi connectivity index (χ3n) is 1.43. The number of aliphatic hydroxyl groups is 1. The van der Waals surface area contributed by atoms with Crippen molar-refractivity contribution in [3.8, 4) is 0 Å². The van der Waals surface area contributed by atoms with Crippen LogP contribution in [0.15, 0.2) is 5.16 Å². The maximum atomic E-state index is 8.97. The van der Waals surface area contributed by atoms with Crippen LogP contribution in [0.5, 0.6) is 0 Å². The first-order valence-electron chi connectivity index (χ1n) is 4.29. The average Bonchev–Trinajstić information content (AvgIpc) is 2.04. The van der Waals surface area contributed by atoms with Crippen LogP contribution in [0.4, 0.5) is 0 Å². The van der Waals surface area contributed by atoms with E-state index < -0.39 is 6.29 Å². The van der Waals surface area contributed by atoms with E-state index in [1.807, 2.05) is 0 Å². The van der Waals surface area contributed by atoms with Crippen LogP contribution in [0, 0.1) is 0 Å². The summed E-state index contributed by atoms with van der Waals surface area (Å²) in [6, 6.07) is 0. The molecule has 0 aromatic carbocycles. The predicted molar refractivity (Wildman–Crippen MR) is 50.3 cm³/mol. The average molecular weight is 190 g/mol. The molecule has 2 atom stereocenters. The molecule has 0 fully saturated rings. The lowest BCUT2D eigenvalue weighted by Gasteiger charge is -2.16. The van der Waals surface area contributed by atoms with Gasteiger partial charge in [-0.1, -0.05) is 5.16 Å². The molecular weight excluding hydrogens is 172 g/mol. The first kappa shape index (κ1) is 12.3. The number of nitrogens with zero attached hydrogens (tertiary/aromatic N) is 1. The van der Waals surface area contributed by atoms with Crippen molar-refractivity contribution >= 4 is 6.21 Å². The number of hydrogen-bond donors (Lipinski definition) is 2. The fourth-order valence-electron chi connectivity index (χ4n) is 0.941. The minimum Gasteiger partial charge on any atom is -0.399 e. The Kier molecular flexibility index (Phi) is 7.57. The molecule has 0 heterocycles. The van der Waals surface area contributed by atoms with Gasteiger partial charge in [-0.2, -0.15) is 0 Å². The van der Waals surface area contributed by atoms with Gasteiger partial charge >= 0.3 is 0 Å². The SMILES string of the molecule is CO/N=C/CC(CCN)OC(C)O. The van der Waals surface area contributed by atoms with Gasteiger partial charge in [-0.25, -0.2) is 0 Å². The highest BCUT2D eigenvalue weighted by Gasteiger charge is 2.09. The first-order valence-corrected chi connectivity index (χ1v) is 4.29. The zero-order valence-electron chi connectivity index (χ0n) is 8.14. The highest BCUT2D eigenvalue weighted by atomic mass is 16.6. The minimum atomic E-state index is -0.771. The Hall–Kier alpha value is -0.650. The third kappa shape index (κ3) is 7.70. The molecule has 0 aliphatic rings. The Morgan fingerprint density at radius 3 is 2.77 bits per heavy atom. The van der Waals surface area contributed by atoms with Gasteiger partial charge < -0.3 is 20.4 Å². The lowest BCUT2D eigenvalue weighted by Crippen LogP contribution is -2.23. The van der Waals surface area contributed by atoms with Gasteiger partial charge in [-0.05, 0) is 19.9 Å². The molecule has 0 aromatic rings. The van der Waals surface area contributed by atoms with Crippen molar-refractivity contribution in [1.82, 2.24) is 0 Å². The summed E-state index contributed by atoms with van der Waals surface area (Å²) in [5.41, 5.74) is 5.37. The molecule has 0 bridgehead atoms.